The Labute approximate surface area is 149 Å². The van der Waals surface area contributed by atoms with Gasteiger partial charge >= 0.3 is 0 Å². The Morgan fingerprint density at radius 1 is 1.09 bits per heavy atom. The van der Waals surface area contributed by atoms with E-state index in [0.717, 1.165) is 15.8 Å². The highest BCUT2D eigenvalue weighted by atomic mass is 79.9. The Hall–Kier alpha value is -1.43. The highest BCUT2D eigenvalue weighted by Crippen LogP contribution is 2.36. The third-order valence-corrected chi connectivity index (χ3v) is 3.89. The molecule has 0 bridgehead atoms. The molecule has 2 aromatic carbocycles. The molecule has 0 saturated heterocycles. The molecule has 0 aromatic heterocycles. The van der Waals surface area contributed by atoms with E-state index in [-0.39, 0.29) is 0 Å². The smallest absolute Gasteiger partial charge is 0.179 e. The molecular weight excluding hydrogens is 382 g/mol. The van der Waals surface area contributed by atoms with E-state index in [9.17, 15) is 0 Å². The first-order valence-corrected chi connectivity index (χ1v) is 8.33. The zero-order chi connectivity index (χ0) is 16.7. The van der Waals surface area contributed by atoms with Crippen LogP contribution in [0.4, 0.5) is 0 Å². The Bertz CT molecular complexity index is 634. The summed E-state index contributed by atoms with van der Waals surface area (Å²) >= 11 is 9.67. The fraction of sp³-hybridized carbons (Fsp3) is 0.294. The zero-order valence-corrected chi connectivity index (χ0v) is 15.4. The second kappa shape index (κ2) is 9.01. The number of benzene rings is 2. The number of nitrogens with one attached hydrogen (secondary N) is 1. The van der Waals surface area contributed by atoms with Crippen LogP contribution in [0.3, 0.4) is 0 Å². The van der Waals surface area contributed by atoms with Crippen LogP contribution in [0.5, 0.6) is 17.2 Å². The van der Waals surface area contributed by atoms with Gasteiger partial charge in [0, 0.05) is 11.0 Å². The highest BCUT2D eigenvalue weighted by molar-refractivity contribution is 9.10. The lowest BCUT2D eigenvalue weighted by atomic mass is 10.2. The summed E-state index contributed by atoms with van der Waals surface area (Å²) in [5, 5.41) is 3.60. The van der Waals surface area contributed by atoms with Crippen LogP contribution >= 0.6 is 27.5 Å². The molecule has 0 atom stereocenters. The third-order valence-electron chi connectivity index (χ3n) is 3.08. The monoisotopic (exact) mass is 399 g/mol. The minimum absolute atomic E-state index is 0.373. The molecular formula is C17H19BrClNO3. The molecule has 1 N–H and O–H groups in total. The van der Waals surface area contributed by atoms with Crippen molar-refractivity contribution < 1.29 is 14.2 Å². The maximum Gasteiger partial charge on any atom is 0.179 e. The average Bonchev–Trinajstić information content (AvgIpc) is 2.54. The summed E-state index contributed by atoms with van der Waals surface area (Å²) in [6.45, 7) is 1.50. The molecule has 124 valence electrons. The predicted octanol–water partition coefficient (Wildman–Crippen LogP) is 4.29. The molecule has 0 unspecified atom stereocenters. The van der Waals surface area contributed by atoms with Crippen LogP contribution in [0.2, 0.25) is 5.02 Å². The van der Waals surface area contributed by atoms with Gasteiger partial charge in [-0.15, -0.1) is 0 Å². The Kier molecular flexibility index (Phi) is 7.02. The van der Waals surface area contributed by atoms with Crippen LogP contribution in [0.1, 0.15) is 5.56 Å². The fourth-order valence-electron chi connectivity index (χ4n) is 2.05. The highest BCUT2D eigenvalue weighted by Gasteiger charge is 2.12. The second-order valence-corrected chi connectivity index (χ2v) is 6.11. The lowest BCUT2D eigenvalue weighted by Crippen LogP contribution is -2.10. The van der Waals surface area contributed by atoms with Crippen molar-refractivity contribution in [1.82, 2.24) is 5.32 Å². The van der Waals surface area contributed by atoms with E-state index in [1.165, 1.54) is 0 Å². The van der Waals surface area contributed by atoms with Crippen molar-refractivity contribution >= 4 is 27.5 Å². The van der Waals surface area contributed by atoms with Crippen LogP contribution in [-0.2, 0) is 6.54 Å². The molecule has 0 aliphatic rings. The largest absolute Gasteiger partial charge is 0.493 e. The van der Waals surface area contributed by atoms with Gasteiger partial charge in [0.05, 0.1) is 12.1 Å². The zero-order valence-electron chi connectivity index (χ0n) is 13.1. The van der Waals surface area contributed by atoms with E-state index < -0.39 is 0 Å². The summed E-state index contributed by atoms with van der Waals surface area (Å²) in [4.78, 5) is 0. The van der Waals surface area contributed by atoms with Crippen molar-refractivity contribution in [3.63, 3.8) is 0 Å². The standard InChI is InChI=1S/C17H19BrClNO3/c1-20-11-12-9-15(19)17(16(10-12)21-2)23-8-7-22-14-5-3-13(18)4-6-14/h3-6,9-10,20H,7-8,11H2,1-2H3. The maximum atomic E-state index is 6.28. The molecule has 0 aliphatic heterocycles. The number of hydrogen-bond acceptors (Lipinski definition) is 4. The summed E-state index contributed by atoms with van der Waals surface area (Å²) in [7, 11) is 3.48. The van der Waals surface area contributed by atoms with Gasteiger partial charge in [0.2, 0.25) is 0 Å². The van der Waals surface area contributed by atoms with Crippen LogP contribution in [0.15, 0.2) is 40.9 Å². The second-order valence-electron chi connectivity index (χ2n) is 4.79. The third kappa shape index (κ3) is 5.30. The van der Waals surface area contributed by atoms with Crippen molar-refractivity contribution in [2.24, 2.45) is 0 Å². The SMILES string of the molecule is CNCc1cc(Cl)c(OCCOc2ccc(Br)cc2)c(OC)c1. The Morgan fingerprint density at radius 2 is 1.78 bits per heavy atom. The van der Waals surface area contributed by atoms with E-state index in [2.05, 4.69) is 21.2 Å². The lowest BCUT2D eigenvalue weighted by molar-refractivity contribution is 0.211. The molecule has 2 aromatic rings. The molecule has 0 spiro atoms. The van der Waals surface area contributed by atoms with E-state index in [0.29, 0.717) is 36.3 Å². The van der Waals surface area contributed by atoms with Crippen LogP contribution in [-0.4, -0.2) is 27.4 Å². The summed E-state index contributed by atoms with van der Waals surface area (Å²) < 4.78 is 17.7. The first-order chi connectivity index (χ1) is 11.1. The number of methoxy groups -OCH3 is 1. The van der Waals surface area contributed by atoms with Crippen molar-refractivity contribution in [3.05, 3.63) is 51.5 Å². The number of hydrogen-bond donors (Lipinski definition) is 1. The van der Waals surface area contributed by atoms with Crippen LogP contribution in [0, 0.1) is 0 Å². The van der Waals surface area contributed by atoms with Crippen molar-refractivity contribution in [2.75, 3.05) is 27.4 Å². The number of rotatable bonds is 8. The molecule has 0 saturated carbocycles. The molecule has 0 radical (unpaired) electrons. The Morgan fingerprint density at radius 3 is 2.43 bits per heavy atom. The fourth-order valence-corrected chi connectivity index (χ4v) is 2.61. The molecule has 23 heavy (non-hydrogen) atoms. The summed E-state index contributed by atoms with van der Waals surface area (Å²) in [6, 6.07) is 11.4. The van der Waals surface area contributed by atoms with Gasteiger partial charge in [0.25, 0.3) is 0 Å². The molecule has 0 heterocycles. The topological polar surface area (TPSA) is 39.7 Å². The number of halogens is 2. The quantitative estimate of drug-likeness (QED) is 0.671. The first-order valence-electron chi connectivity index (χ1n) is 7.16. The van der Waals surface area contributed by atoms with E-state index in [4.69, 9.17) is 25.8 Å². The van der Waals surface area contributed by atoms with Gasteiger partial charge in [0.15, 0.2) is 11.5 Å². The average molecular weight is 401 g/mol. The molecule has 4 nitrogen and oxygen atoms in total. The van der Waals surface area contributed by atoms with Gasteiger partial charge < -0.3 is 19.5 Å². The summed E-state index contributed by atoms with van der Waals surface area (Å²) in [6.07, 6.45) is 0. The van der Waals surface area contributed by atoms with Gasteiger partial charge in [-0.1, -0.05) is 27.5 Å². The van der Waals surface area contributed by atoms with Gasteiger partial charge in [-0.2, -0.15) is 0 Å². The maximum absolute atomic E-state index is 6.28. The van der Waals surface area contributed by atoms with Gasteiger partial charge in [0.1, 0.15) is 19.0 Å². The van der Waals surface area contributed by atoms with Gasteiger partial charge in [-0.05, 0) is 49.0 Å². The van der Waals surface area contributed by atoms with Gasteiger partial charge in [-0.25, -0.2) is 0 Å². The van der Waals surface area contributed by atoms with Crippen molar-refractivity contribution in [1.29, 1.82) is 0 Å². The van der Waals surface area contributed by atoms with E-state index in [1.807, 2.05) is 43.4 Å². The predicted molar refractivity (Wildman–Crippen MR) is 95.9 cm³/mol. The molecule has 2 rings (SSSR count). The molecule has 0 amide bonds. The Balaban J connectivity index is 1.93. The minimum atomic E-state index is 0.373. The molecule has 0 fully saturated rings. The normalized spacial score (nSPS) is 10.4. The van der Waals surface area contributed by atoms with E-state index >= 15 is 0 Å². The molecule has 6 heteroatoms. The first kappa shape index (κ1) is 17.9. The summed E-state index contributed by atoms with van der Waals surface area (Å²) in [5.41, 5.74) is 1.04. The van der Waals surface area contributed by atoms with Crippen molar-refractivity contribution in [3.8, 4) is 17.2 Å². The number of ether oxygens (including phenoxy) is 3. The van der Waals surface area contributed by atoms with Crippen LogP contribution in [0.25, 0.3) is 0 Å². The molecule has 0 aliphatic carbocycles. The van der Waals surface area contributed by atoms with E-state index in [1.54, 1.807) is 7.11 Å². The van der Waals surface area contributed by atoms with Crippen LogP contribution < -0.4 is 19.5 Å². The summed E-state index contributed by atoms with van der Waals surface area (Å²) in [5.74, 6) is 1.94. The van der Waals surface area contributed by atoms with Crippen molar-refractivity contribution in [2.45, 2.75) is 6.54 Å². The lowest BCUT2D eigenvalue weighted by Gasteiger charge is -2.14. The van der Waals surface area contributed by atoms with Gasteiger partial charge in [-0.3, -0.25) is 0 Å². The minimum Gasteiger partial charge on any atom is -0.493 e.